The van der Waals surface area contributed by atoms with Crippen molar-refractivity contribution in [3.63, 3.8) is 0 Å². The molecule has 0 saturated carbocycles. The van der Waals surface area contributed by atoms with Gasteiger partial charge in [-0.25, -0.2) is 5.43 Å². The van der Waals surface area contributed by atoms with Crippen LogP contribution in [0.2, 0.25) is 0 Å². The molecule has 0 fully saturated rings. The highest BCUT2D eigenvalue weighted by Crippen LogP contribution is 2.28. The van der Waals surface area contributed by atoms with Crippen LogP contribution in [0.3, 0.4) is 0 Å². The summed E-state index contributed by atoms with van der Waals surface area (Å²) in [5.41, 5.74) is 3.71. The molecule has 0 saturated heterocycles. The van der Waals surface area contributed by atoms with E-state index in [0.29, 0.717) is 28.3 Å². The highest BCUT2D eigenvalue weighted by molar-refractivity contribution is 6.09. The number of benzene rings is 3. The molecule has 0 spiro atoms. The molecule has 2 N–H and O–H groups in total. The van der Waals surface area contributed by atoms with Gasteiger partial charge in [-0.3, -0.25) is 19.7 Å². The largest absolute Gasteiger partial charge is 0.493 e. The average Bonchev–Trinajstić information content (AvgIpc) is 2.84. The van der Waals surface area contributed by atoms with Crippen LogP contribution in [-0.2, 0) is 0 Å². The number of para-hydroxylation sites is 1. The molecule has 33 heavy (non-hydrogen) atoms. The van der Waals surface area contributed by atoms with E-state index in [4.69, 9.17) is 9.47 Å². The Morgan fingerprint density at radius 3 is 2.30 bits per heavy atom. The predicted octanol–water partition coefficient (Wildman–Crippen LogP) is 3.63. The molecule has 0 aromatic heterocycles. The second-order valence-corrected chi connectivity index (χ2v) is 6.62. The van der Waals surface area contributed by atoms with Gasteiger partial charge in [-0.05, 0) is 48.0 Å². The lowest BCUT2D eigenvalue weighted by molar-refractivity contribution is -0.384. The zero-order valence-corrected chi connectivity index (χ0v) is 17.8. The van der Waals surface area contributed by atoms with E-state index in [9.17, 15) is 19.7 Å². The number of non-ortho nitro benzene ring substituents is 1. The SMILES string of the molecule is COc1ccc(C(=O)Nc2ccccc2C(=O)NN=Cc2ccc([N+](=O)[O-])cc2)cc1OC. The van der Waals surface area contributed by atoms with Crippen molar-refractivity contribution in [2.75, 3.05) is 19.5 Å². The molecule has 10 nitrogen and oxygen atoms in total. The van der Waals surface area contributed by atoms with Gasteiger partial charge in [-0.2, -0.15) is 5.10 Å². The Balaban J connectivity index is 1.71. The van der Waals surface area contributed by atoms with Gasteiger partial charge in [0.1, 0.15) is 0 Å². The van der Waals surface area contributed by atoms with Gasteiger partial charge >= 0.3 is 0 Å². The Morgan fingerprint density at radius 2 is 1.64 bits per heavy atom. The molecule has 0 aliphatic heterocycles. The molecule has 0 heterocycles. The predicted molar refractivity (Wildman–Crippen MR) is 122 cm³/mol. The smallest absolute Gasteiger partial charge is 0.273 e. The van der Waals surface area contributed by atoms with E-state index < -0.39 is 16.7 Å². The van der Waals surface area contributed by atoms with Gasteiger partial charge in [0.05, 0.1) is 36.6 Å². The molecule has 168 valence electrons. The van der Waals surface area contributed by atoms with Crippen LogP contribution < -0.4 is 20.2 Å². The summed E-state index contributed by atoms with van der Waals surface area (Å²) >= 11 is 0. The monoisotopic (exact) mass is 448 g/mol. The Bertz CT molecular complexity index is 1210. The number of anilines is 1. The lowest BCUT2D eigenvalue weighted by Crippen LogP contribution is -2.21. The van der Waals surface area contributed by atoms with E-state index >= 15 is 0 Å². The summed E-state index contributed by atoms with van der Waals surface area (Å²) < 4.78 is 10.4. The fourth-order valence-corrected chi connectivity index (χ4v) is 2.87. The van der Waals surface area contributed by atoms with E-state index in [2.05, 4.69) is 15.8 Å². The number of rotatable bonds is 8. The molecule has 0 unspecified atom stereocenters. The molecule has 0 aliphatic carbocycles. The molecule has 3 rings (SSSR count). The number of nitrogens with zero attached hydrogens (tertiary/aromatic N) is 2. The molecule has 0 atom stereocenters. The summed E-state index contributed by atoms with van der Waals surface area (Å²) in [5, 5.41) is 17.3. The Hall–Kier alpha value is -4.73. The van der Waals surface area contributed by atoms with Gasteiger partial charge in [0.15, 0.2) is 11.5 Å². The standard InChI is InChI=1S/C23H20N4O6/c1-32-20-12-9-16(13-21(20)33-2)22(28)25-19-6-4-3-5-18(19)23(29)26-24-14-15-7-10-17(11-8-15)27(30)31/h3-14H,1-2H3,(H,25,28)(H,26,29). The minimum atomic E-state index is -0.545. The zero-order valence-electron chi connectivity index (χ0n) is 17.8. The third-order valence-electron chi connectivity index (χ3n) is 4.55. The number of amides is 2. The van der Waals surface area contributed by atoms with Crippen molar-refractivity contribution < 1.29 is 24.0 Å². The van der Waals surface area contributed by atoms with Crippen LogP contribution in [0.5, 0.6) is 11.5 Å². The Labute approximate surface area is 189 Å². The number of hydrogen-bond donors (Lipinski definition) is 2. The average molecular weight is 448 g/mol. The number of nitrogens with one attached hydrogen (secondary N) is 2. The van der Waals surface area contributed by atoms with E-state index in [1.807, 2.05) is 0 Å². The van der Waals surface area contributed by atoms with Crippen LogP contribution >= 0.6 is 0 Å². The summed E-state index contributed by atoms with van der Waals surface area (Å²) in [6.45, 7) is 0. The lowest BCUT2D eigenvalue weighted by Gasteiger charge is -2.12. The third-order valence-corrected chi connectivity index (χ3v) is 4.55. The number of carbonyl (C=O) groups is 2. The molecule has 3 aromatic carbocycles. The second kappa shape index (κ2) is 10.5. The second-order valence-electron chi connectivity index (χ2n) is 6.62. The maximum atomic E-state index is 12.7. The topological polar surface area (TPSA) is 132 Å². The number of ether oxygens (including phenoxy) is 2. The molecule has 10 heteroatoms. The number of hydrazone groups is 1. The minimum absolute atomic E-state index is 0.0460. The Kier molecular flexibility index (Phi) is 7.32. The molecule has 0 bridgehead atoms. The summed E-state index contributed by atoms with van der Waals surface area (Å²) in [6.07, 6.45) is 1.35. The maximum absolute atomic E-state index is 12.7. The zero-order chi connectivity index (χ0) is 23.8. The van der Waals surface area contributed by atoms with Crippen LogP contribution in [0.15, 0.2) is 71.8 Å². The lowest BCUT2D eigenvalue weighted by atomic mass is 10.1. The number of methoxy groups -OCH3 is 2. The first-order valence-corrected chi connectivity index (χ1v) is 9.63. The van der Waals surface area contributed by atoms with E-state index in [1.54, 1.807) is 36.4 Å². The quantitative estimate of drug-likeness (QED) is 0.307. The van der Waals surface area contributed by atoms with E-state index in [-0.39, 0.29) is 11.3 Å². The van der Waals surface area contributed by atoms with Crippen LogP contribution in [0.1, 0.15) is 26.3 Å². The molecular weight excluding hydrogens is 428 g/mol. The van der Waals surface area contributed by atoms with Gasteiger partial charge in [0, 0.05) is 17.7 Å². The van der Waals surface area contributed by atoms with E-state index in [1.165, 1.54) is 50.8 Å². The summed E-state index contributed by atoms with van der Waals surface area (Å²) in [5.74, 6) is -0.0987. The van der Waals surface area contributed by atoms with Crippen molar-refractivity contribution in [3.8, 4) is 11.5 Å². The van der Waals surface area contributed by atoms with Crippen LogP contribution in [-0.4, -0.2) is 37.2 Å². The number of nitro groups is 1. The van der Waals surface area contributed by atoms with Gasteiger partial charge in [0.25, 0.3) is 17.5 Å². The number of hydrogen-bond acceptors (Lipinski definition) is 7. The first-order chi connectivity index (χ1) is 15.9. The van der Waals surface area contributed by atoms with Gasteiger partial charge in [0.2, 0.25) is 0 Å². The minimum Gasteiger partial charge on any atom is -0.493 e. The third kappa shape index (κ3) is 5.70. The first kappa shape index (κ1) is 22.9. The van der Waals surface area contributed by atoms with Gasteiger partial charge in [-0.15, -0.1) is 0 Å². The van der Waals surface area contributed by atoms with Crippen LogP contribution in [0, 0.1) is 10.1 Å². The summed E-state index contributed by atoms with van der Waals surface area (Å²) in [7, 11) is 2.97. The van der Waals surface area contributed by atoms with Crippen molar-refractivity contribution in [3.05, 3.63) is 93.5 Å². The maximum Gasteiger partial charge on any atom is 0.273 e. The summed E-state index contributed by atoms with van der Waals surface area (Å²) in [4.78, 5) is 35.5. The number of nitro benzene ring substituents is 1. The fraction of sp³-hybridized carbons (Fsp3) is 0.0870. The van der Waals surface area contributed by atoms with Crippen molar-refractivity contribution >= 4 is 29.4 Å². The van der Waals surface area contributed by atoms with Crippen molar-refractivity contribution in [1.82, 2.24) is 5.43 Å². The highest BCUT2D eigenvalue weighted by atomic mass is 16.6. The molecule has 0 radical (unpaired) electrons. The van der Waals surface area contributed by atoms with Crippen molar-refractivity contribution in [2.24, 2.45) is 5.10 Å². The molecular formula is C23H20N4O6. The number of carbonyl (C=O) groups excluding carboxylic acids is 2. The van der Waals surface area contributed by atoms with Gasteiger partial charge < -0.3 is 14.8 Å². The van der Waals surface area contributed by atoms with Crippen molar-refractivity contribution in [1.29, 1.82) is 0 Å². The Morgan fingerprint density at radius 1 is 0.939 bits per heavy atom. The molecule has 0 aliphatic rings. The molecule has 3 aromatic rings. The summed E-state index contributed by atoms with van der Waals surface area (Å²) in [6, 6.07) is 16.9. The van der Waals surface area contributed by atoms with Crippen LogP contribution in [0.4, 0.5) is 11.4 Å². The first-order valence-electron chi connectivity index (χ1n) is 9.63. The molecule has 2 amide bonds. The van der Waals surface area contributed by atoms with Gasteiger partial charge in [-0.1, -0.05) is 12.1 Å². The fourth-order valence-electron chi connectivity index (χ4n) is 2.87. The normalized spacial score (nSPS) is 10.5. The van der Waals surface area contributed by atoms with E-state index in [0.717, 1.165) is 0 Å². The van der Waals surface area contributed by atoms with Crippen LogP contribution in [0.25, 0.3) is 0 Å². The highest BCUT2D eigenvalue weighted by Gasteiger charge is 2.15. The van der Waals surface area contributed by atoms with Crippen molar-refractivity contribution in [2.45, 2.75) is 0 Å².